The van der Waals surface area contributed by atoms with Gasteiger partial charge in [0, 0.05) is 36.5 Å². The van der Waals surface area contributed by atoms with Crippen LogP contribution in [0.2, 0.25) is 0 Å². The van der Waals surface area contributed by atoms with E-state index >= 15 is 0 Å². The standard InChI is InChI=1S/C22H24N2O3/c1-27-18-6-7-19(15(14-18)5-8-21(25)26)20-4-2-3-16-13-17-9-10-23-11-12-24(17)22(16)20/h2-8,14,17,23H,9-13H2,1H3,(H,25,26)/b8-5-. The second-order valence-electron chi connectivity index (χ2n) is 7.03. The molecule has 1 atom stereocenters. The van der Waals surface area contributed by atoms with Crippen molar-refractivity contribution in [2.75, 3.05) is 31.6 Å². The van der Waals surface area contributed by atoms with Crippen LogP contribution in [0.1, 0.15) is 17.5 Å². The minimum absolute atomic E-state index is 0.535. The molecule has 0 radical (unpaired) electrons. The normalized spacial score (nSPS) is 18.9. The number of hydrogen-bond donors (Lipinski definition) is 2. The highest BCUT2D eigenvalue weighted by atomic mass is 16.5. The first-order valence-corrected chi connectivity index (χ1v) is 9.36. The predicted octanol–water partition coefficient (Wildman–Crippen LogP) is 3.18. The summed E-state index contributed by atoms with van der Waals surface area (Å²) in [6.07, 6.45) is 5.04. The van der Waals surface area contributed by atoms with Crippen LogP contribution in [0.5, 0.6) is 5.75 Å². The number of nitrogens with zero attached hydrogens (tertiary/aromatic N) is 1. The van der Waals surface area contributed by atoms with E-state index < -0.39 is 5.97 Å². The second-order valence-corrected chi connectivity index (χ2v) is 7.03. The molecule has 2 N–H and O–H groups in total. The van der Waals surface area contributed by atoms with Gasteiger partial charge in [0.05, 0.1) is 7.11 Å². The molecule has 140 valence electrons. The monoisotopic (exact) mass is 364 g/mol. The molecule has 0 saturated carbocycles. The maximum atomic E-state index is 11.1. The number of hydrogen-bond acceptors (Lipinski definition) is 4. The van der Waals surface area contributed by atoms with Gasteiger partial charge in [-0.15, -0.1) is 0 Å². The highest BCUT2D eigenvalue weighted by Crippen LogP contribution is 2.43. The molecule has 2 heterocycles. The minimum Gasteiger partial charge on any atom is -0.497 e. The van der Waals surface area contributed by atoms with E-state index in [-0.39, 0.29) is 0 Å². The number of rotatable bonds is 4. The van der Waals surface area contributed by atoms with Crippen molar-refractivity contribution in [3.8, 4) is 16.9 Å². The Bertz CT molecular complexity index is 891. The Kier molecular flexibility index (Phi) is 4.86. The zero-order valence-corrected chi connectivity index (χ0v) is 15.4. The first-order chi connectivity index (χ1) is 13.2. The number of nitrogens with one attached hydrogen (secondary N) is 1. The van der Waals surface area contributed by atoms with Crippen LogP contribution >= 0.6 is 0 Å². The molecule has 2 aromatic rings. The third kappa shape index (κ3) is 3.43. The average Bonchev–Trinajstić information content (AvgIpc) is 2.87. The van der Waals surface area contributed by atoms with Gasteiger partial charge in [0.1, 0.15) is 5.75 Å². The SMILES string of the molecule is COc1ccc(-c2cccc3c2N2CCNCCC2C3)c(/C=C\C(=O)O)c1. The summed E-state index contributed by atoms with van der Waals surface area (Å²) >= 11 is 0. The Morgan fingerprint density at radius 2 is 2.15 bits per heavy atom. The van der Waals surface area contributed by atoms with Crippen molar-refractivity contribution in [3.63, 3.8) is 0 Å². The Labute approximate surface area is 159 Å². The van der Waals surface area contributed by atoms with Crippen molar-refractivity contribution in [3.05, 3.63) is 53.6 Å². The first kappa shape index (κ1) is 17.6. The smallest absolute Gasteiger partial charge is 0.328 e. The molecule has 5 nitrogen and oxygen atoms in total. The highest BCUT2D eigenvalue weighted by Gasteiger charge is 2.32. The largest absolute Gasteiger partial charge is 0.497 e. The van der Waals surface area contributed by atoms with Crippen molar-refractivity contribution in [1.29, 1.82) is 0 Å². The molecule has 0 spiro atoms. The average molecular weight is 364 g/mol. The second kappa shape index (κ2) is 7.45. The van der Waals surface area contributed by atoms with Gasteiger partial charge >= 0.3 is 5.97 Å². The van der Waals surface area contributed by atoms with E-state index in [9.17, 15) is 4.79 Å². The Morgan fingerprint density at radius 1 is 1.26 bits per heavy atom. The van der Waals surface area contributed by atoms with Crippen LogP contribution in [0.25, 0.3) is 17.2 Å². The van der Waals surface area contributed by atoms with E-state index in [1.54, 1.807) is 13.2 Å². The van der Waals surface area contributed by atoms with Crippen molar-refractivity contribution >= 4 is 17.7 Å². The van der Waals surface area contributed by atoms with Crippen LogP contribution in [0.4, 0.5) is 5.69 Å². The lowest BCUT2D eigenvalue weighted by atomic mass is 9.95. The number of para-hydroxylation sites is 1. The fourth-order valence-corrected chi connectivity index (χ4v) is 4.22. The van der Waals surface area contributed by atoms with Crippen LogP contribution in [0.15, 0.2) is 42.5 Å². The van der Waals surface area contributed by atoms with E-state index in [1.807, 2.05) is 18.2 Å². The molecule has 1 fully saturated rings. The van der Waals surface area contributed by atoms with Gasteiger partial charge in [-0.1, -0.05) is 24.3 Å². The van der Waals surface area contributed by atoms with Crippen LogP contribution in [0, 0.1) is 0 Å². The van der Waals surface area contributed by atoms with Gasteiger partial charge < -0.3 is 20.1 Å². The van der Waals surface area contributed by atoms with Crippen molar-refractivity contribution in [1.82, 2.24) is 5.32 Å². The van der Waals surface area contributed by atoms with Gasteiger partial charge in [-0.25, -0.2) is 4.79 Å². The summed E-state index contributed by atoms with van der Waals surface area (Å²) in [5.74, 6) is -0.242. The third-order valence-electron chi connectivity index (χ3n) is 5.44. The molecule has 1 saturated heterocycles. The maximum absolute atomic E-state index is 11.1. The minimum atomic E-state index is -0.958. The molecule has 0 aliphatic carbocycles. The zero-order valence-electron chi connectivity index (χ0n) is 15.4. The first-order valence-electron chi connectivity index (χ1n) is 9.36. The maximum Gasteiger partial charge on any atom is 0.328 e. The van der Waals surface area contributed by atoms with Crippen LogP contribution < -0.4 is 15.0 Å². The number of carboxylic acid groups (broad SMARTS) is 1. The summed E-state index contributed by atoms with van der Waals surface area (Å²) in [4.78, 5) is 13.6. The molecule has 2 aliphatic heterocycles. The molecule has 2 aromatic carbocycles. The van der Waals surface area contributed by atoms with Crippen LogP contribution in [-0.2, 0) is 11.2 Å². The number of carboxylic acids is 1. The quantitative estimate of drug-likeness (QED) is 0.816. The molecule has 0 aromatic heterocycles. The number of fused-ring (bicyclic) bond motifs is 3. The number of ether oxygens (including phenoxy) is 1. The van der Waals surface area contributed by atoms with Gasteiger partial charge in [-0.3, -0.25) is 0 Å². The topological polar surface area (TPSA) is 61.8 Å². The van der Waals surface area contributed by atoms with E-state index in [1.165, 1.54) is 17.3 Å². The molecule has 0 bridgehead atoms. The zero-order chi connectivity index (χ0) is 18.8. The van der Waals surface area contributed by atoms with Gasteiger partial charge in [0.25, 0.3) is 0 Å². The number of methoxy groups -OCH3 is 1. The number of anilines is 1. The summed E-state index contributed by atoms with van der Waals surface area (Å²) in [5, 5.41) is 12.6. The molecule has 27 heavy (non-hydrogen) atoms. The summed E-state index contributed by atoms with van der Waals surface area (Å²) in [7, 11) is 1.62. The Hall–Kier alpha value is -2.79. The third-order valence-corrected chi connectivity index (χ3v) is 5.44. The van der Waals surface area contributed by atoms with Crippen molar-refractivity contribution in [2.24, 2.45) is 0 Å². The Morgan fingerprint density at radius 3 is 2.96 bits per heavy atom. The lowest BCUT2D eigenvalue weighted by molar-refractivity contribution is -0.131. The van der Waals surface area contributed by atoms with E-state index in [2.05, 4.69) is 28.4 Å². The van der Waals surface area contributed by atoms with Crippen LogP contribution in [0.3, 0.4) is 0 Å². The summed E-state index contributed by atoms with van der Waals surface area (Å²) in [6, 6.07) is 12.9. The van der Waals surface area contributed by atoms with E-state index in [0.717, 1.165) is 49.2 Å². The molecular weight excluding hydrogens is 340 g/mol. The highest BCUT2D eigenvalue weighted by molar-refractivity contribution is 5.91. The molecule has 4 rings (SSSR count). The van der Waals surface area contributed by atoms with Crippen LogP contribution in [-0.4, -0.2) is 43.9 Å². The molecule has 2 aliphatic rings. The lowest BCUT2D eigenvalue weighted by Crippen LogP contribution is -2.33. The molecule has 1 unspecified atom stereocenters. The van der Waals surface area contributed by atoms with E-state index in [0.29, 0.717) is 11.8 Å². The molecular formula is C22H24N2O3. The fourth-order valence-electron chi connectivity index (χ4n) is 4.22. The summed E-state index contributed by atoms with van der Waals surface area (Å²) in [5.41, 5.74) is 5.71. The van der Waals surface area contributed by atoms with Gasteiger partial charge in [-0.05, 0) is 54.3 Å². The van der Waals surface area contributed by atoms with Gasteiger partial charge in [0.15, 0.2) is 0 Å². The van der Waals surface area contributed by atoms with Gasteiger partial charge in [0.2, 0.25) is 0 Å². The fraction of sp³-hybridized carbons (Fsp3) is 0.318. The summed E-state index contributed by atoms with van der Waals surface area (Å²) < 4.78 is 5.35. The van der Waals surface area contributed by atoms with Gasteiger partial charge in [-0.2, -0.15) is 0 Å². The Balaban J connectivity index is 1.84. The summed E-state index contributed by atoms with van der Waals surface area (Å²) in [6.45, 7) is 3.03. The van der Waals surface area contributed by atoms with Crippen molar-refractivity contribution in [2.45, 2.75) is 18.9 Å². The molecule has 0 amide bonds. The predicted molar refractivity (Wildman–Crippen MR) is 107 cm³/mol. The van der Waals surface area contributed by atoms with Crippen molar-refractivity contribution < 1.29 is 14.6 Å². The lowest BCUT2D eigenvalue weighted by Gasteiger charge is -2.27. The number of carbonyl (C=O) groups is 1. The molecule has 5 heteroatoms. The number of benzene rings is 2. The van der Waals surface area contributed by atoms with E-state index in [4.69, 9.17) is 9.84 Å². The number of aliphatic carboxylic acids is 1.